The summed E-state index contributed by atoms with van der Waals surface area (Å²) in [6.07, 6.45) is 5.96. The van der Waals surface area contributed by atoms with Crippen LogP contribution in [0.1, 0.15) is 12.8 Å². The summed E-state index contributed by atoms with van der Waals surface area (Å²) in [6, 6.07) is 0. The lowest BCUT2D eigenvalue weighted by molar-refractivity contribution is 0.555. The summed E-state index contributed by atoms with van der Waals surface area (Å²) in [5.41, 5.74) is 1.11. The Morgan fingerprint density at radius 2 is 2.38 bits per heavy atom. The van der Waals surface area contributed by atoms with Crippen LogP contribution in [0.5, 0.6) is 0 Å². The number of hydrogen-bond donors (Lipinski definition) is 1. The molecule has 0 aromatic carbocycles. The van der Waals surface area contributed by atoms with Crippen molar-refractivity contribution in [1.82, 2.24) is 10.2 Å². The predicted molar refractivity (Wildman–Crippen MR) is 52.1 cm³/mol. The molecule has 1 rings (SSSR count). The van der Waals surface area contributed by atoms with E-state index in [9.17, 15) is 0 Å². The van der Waals surface area contributed by atoms with Crippen LogP contribution in [0.2, 0.25) is 0 Å². The van der Waals surface area contributed by atoms with E-state index in [-0.39, 0.29) is 0 Å². The third-order valence-corrected chi connectivity index (χ3v) is 1.77. The first-order valence-electron chi connectivity index (χ1n) is 4.31. The predicted octanol–water partition coefficient (Wildman–Crippen LogP) is 0.695. The van der Waals surface area contributed by atoms with Crippen molar-refractivity contribution in [1.29, 1.82) is 5.26 Å². The molecule has 0 unspecified atom stereocenters. The lowest BCUT2D eigenvalue weighted by atomic mass is 10.1. The van der Waals surface area contributed by atoms with Crippen molar-refractivity contribution in [3.05, 3.63) is 11.8 Å². The van der Waals surface area contributed by atoms with Gasteiger partial charge in [0.2, 0.25) is 0 Å². The number of rotatable bonds is 1. The highest BCUT2D eigenvalue weighted by Gasteiger charge is 2.11. The molecule has 0 bridgehead atoms. The molecule has 4 nitrogen and oxygen atoms in total. The summed E-state index contributed by atoms with van der Waals surface area (Å²) in [4.78, 5) is 6.21. The van der Waals surface area contributed by atoms with Gasteiger partial charge in [0.1, 0.15) is 5.84 Å². The second-order valence-electron chi connectivity index (χ2n) is 3.19. The molecular formula is C9H14N4. The van der Waals surface area contributed by atoms with Gasteiger partial charge in [-0.3, -0.25) is 10.3 Å². The van der Waals surface area contributed by atoms with E-state index in [1.165, 1.54) is 0 Å². The van der Waals surface area contributed by atoms with Crippen LogP contribution >= 0.6 is 0 Å². The Hall–Kier alpha value is -1.50. The fraction of sp³-hybridized carbons (Fsp3) is 0.556. The van der Waals surface area contributed by atoms with Gasteiger partial charge >= 0.3 is 0 Å². The quantitative estimate of drug-likeness (QED) is 0.475. The molecule has 1 heterocycles. The Balaban J connectivity index is 2.77. The zero-order valence-electron chi connectivity index (χ0n) is 8.04. The maximum Gasteiger partial charge on any atom is 0.182 e. The summed E-state index contributed by atoms with van der Waals surface area (Å²) in [5, 5.41) is 11.1. The lowest BCUT2D eigenvalue weighted by Gasteiger charge is -2.16. The number of hydrogen-bond acceptors (Lipinski definition) is 4. The van der Waals surface area contributed by atoms with Crippen molar-refractivity contribution in [3.63, 3.8) is 0 Å². The van der Waals surface area contributed by atoms with Crippen LogP contribution in [-0.2, 0) is 0 Å². The first-order chi connectivity index (χ1) is 6.24. The normalized spacial score (nSPS) is 19.2. The van der Waals surface area contributed by atoms with E-state index in [4.69, 9.17) is 5.26 Å². The van der Waals surface area contributed by atoms with Gasteiger partial charge in [0, 0.05) is 32.4 Å². The largest absolute Gasteiger partial charge is 0.383 e. The molecule has 0 aliphatic carbocycles. The summed E-state index contributed by atoms with van der Waals surface area (Å²) >= 11 is 0. The maximum atomic E-state index is 8.49. The van der Waals surface area contributed by atoms with Gasteiger partial charge in [-0.15, -0.1) is 0 Å². The van der Waals surface area contributed by atoms with E-state index in [1.54, 1.807) is 0 Å². The highest BCUT2D eigenvalue weighted by atomic mass is 15.1. The van der Waals surface area contributed by atoms with Gasteiger partial charge in [-0.2, -0.15) is 5.26 Å². The molecule has 4 heteroatoms. The average molecular weight is 178 g/mol. The van der Waals surface area contributed by atoms with Gasteiger partial charge in [0.25, 0.3) is 0 Å². The minimum Gasteiger partial charge on any atom is -0.383 e. The molecule has 1 aliphatic heterocycles. The summed E-state index contributed by atoms with van der Waals surface area (Å²) in [6.45, 7) is 0.814. The molecule has 0 saturated heterocycles. The van der Waals surface area contributed by atoms with Crippen molar-refractivity contribution in [3.8, 4) is 6.19 Å². The van der Waals surface area contributed by atoms with E-state index < -0.39 is 0 Å². The molecule has 0 fully saturated rings. The molecule has 1 aliphatic rings. The van der Waals surface area contributed by atoms with Gasteiger partial charge in [0.05, 0.1) is 0 Å². The Morgan fingerprint density at radius 1 is 1.62 bits per heavy atom. The van der Waals surface area contributed by atoms with Crippen LogP contribution in [0.15, 0.2) is 16.8 Å². The average Bonchev–Trinajstić information content (AvgIpc) is 2.08. The highest BCUT2D eigenvalue weighted by Crippen LogP contribution is 2.12. The third-order valence-electron chi connectivity index (χ3n) is 1.77. The molecule has 0 spiro atoms. The minimum atomic E-state index is 0.724. The Labute approximate surface area is 78.6 Å². The van der Waals surface area contributed by atoms with Gasteiger partial charge in [-0.25, -0.2) is 0 Å². The molecule has 0 aromatic heterocycles. The van der Waals surface area contributed by atoms with Crippen molar-refractivity contribution in [2.75, 3.05) is 20.6 Å². The number of amidine groups is 1. The molecule has 0 radical (unpaired) electrons. The van der Waals surface area contributed by atoms with E-state index in [2.05, 4.69) is 10.3 Å². The van der Waals surface area contributed by atoms with Gasteiger partial charge < -0.3 is 4.90 Å². The topological polar surface area (TPSA) is 51.4 Å². The van der Waals surface area contributed by atoms with E-state index in [0.29, 0.717) is 0 Å². The zero-order chi connectivity index (χ0) is 9.68. The summed E-state index contributed by atoms with van der Waals surface area (Å²) < 4.78 is 0. The minimum absolute atomic E-state index is 0.724. The van der Waals surface area contributed by atoms with Crippen LogP contribution in [0.4, 0.5) is 0 Å². The molecule has 0 amide bonds. The first-order valence-corrected chi connectivity index (χ1v) is 4.31. The maximum absolute atomic E-state index is 8.49. The number of aliphatic imine (C=N–C) groups is 1. The SMILES string of the molecule is CN(C)C=C1CCCN=C1NC#N. The van der Waals surface area contributed by atoms with Crippen LogP contribution in [0.25, 0.3) is 0 Å². The standard InChI is InChI=1S/C9H14N4/c1-13(2)6-8-4-3-5-11-9(8)12-7-10/h6H,3-5H2,1-2H3,(H,11,12). The van der Waals surface area contributed by atoms with Crippen molar-refractivity contribution < 1.29 is 0 Å². The lowest BCUT2D eigenvalue weighted by Crippen LogP contribution is -2.25. The Morgan fingerprint density at radius 3 is 3.00 bits per heavy atom. The second-order valence-corrected chi connectivity index (χ2v) is 3.19. The zero-order valence-corrected chi connectivity index (χ0v) is 8.04. The molecule has 70 valence electrons. The van der Waals surface area contributed by atoms with Gasteiger partial charge in [-0.05, 0) is 12.8 Å². The van der Waals surface area contributed by atoms with Gasteiger partial charge in [-0.1, -0.05) is 0 Å². The van der Waals surface area contributed by atoms with E-state index in [1.807, 2.05) is 31.4 Å². The summed E-state index contributed by atoms with van der Waals surface area (Å²) in [5.74, 6) is 0.724. The molecule has 0 aromatic rings. The smallest absolute Gasteiger partial charge is 0.182 e. The summed E-state index contributed by atoms with van der Waals surface area (Å²) in [7, 11) is 3.93. The van der Waals surface area contributed by atoms with Crippen molar-refractivity contribution in [2.24, 2.45) is 4.99 Å². The van der Waals surface area contributed by atoms with Crippen LogP contribution in [0.3, 0.4) is 0 Å². The third kappa shape index (κ3) is 2.79. The number of nitrogens with one attached hydrogen (secondary N) is 1. The Bertz CT molecular complexity index is 270. The van der Waals surface area contributed by atoms with Crippen molar-refractivity contribution >= 4 is 5.84 Å². The fourth-order valence-electron chi connectivity index (χ4n) is 1.29. The van der Waals surface area contributed by atoms with Crippen molar-refractivity contribution in [2.45, 2.75) is 12.8 Å². The first kappa shape index (κ1) is 9.59. The van der Waals surface area contributed by atoms with Crippen LogP contribution in [0, 0.1) is 11.5 Å². The van der Waals surface area contributed by atoms with Gasteiger partial charge in [0.15, 0.2) is 6.19 Å². The van der Waals surface area contributed by atoms with E-state index in [0.717, 1.165) is 30.8 Å². The number of nitrogens with zero attached hydrogens (tertiary/aromatic N) is 3. The van der Waals surface area contributed by atoms with E-state index >= 15 is 0 Å². The monoisotopic (exact) mass is 178 g/mol. The highest BCUT2D eigenvalue weighted by molar-refractivity contribution is 5.99. The van der Waals surface area contributed by atoms with Crippen LogP contribution < -0.4 is 5.32 Å². The fourth-order valence-corrected chi connectivity index (χ4v) is 1.29. The molecule has 0 atom stereocenters. The van der Waals surface area contributed by atoms with Crippen LogP contribution in [-0.4, -0.2) is 31.4 Å². The molecule has 0 saturated carbocycles. The Kier molecular flexibility index (Phi) is 3.32. The number of nitriles is 1. The molecule has 1 N–H and O–H groups in total. The molecular weight excluding hydrogens is 164 g/mol. The second kappa shape index (κ2) is 4.51. The molecule has 13 heavy (non-hydrogen) atoms.